The van der Waals surface area contributed by atoms with E-state index in [0.717, 1.165) is 11.1 Å². The Morgan fingerprint density at radius 3 is 2.40 bits per heavy atom. The highest BCUT2D eigenvalue weighted by Gasteiger charge is 2.32. The molecule has 1 saturated heterocycles. The van der Waals surface area contributed by atoms with Gasteiger partial charge in [-0.1, -0.05) is 99.3 Å². The lowest BCUT2D eigenvalue weighted by Gasteiger charge is -2.18. The third-order valence-electron chi connectivity index (χ3n) is 4.84. The van der Waals surface area contributed by atoms with E-state index in [0.29, 0.717) is 15.8 Å². The molecule has 0 radical (unpaired) electrons. The van der Waals surface area contributed by atoms with E-state index in [4.69, 9.17) is 12.2 Å². The molecule has 3 rings (SSSR count). The minimum absolute atomic E-state index is 0.0864. The minimum Gasteiger partial charge on any atom is -0.352 e. The number of benzene rings is 2. The van der Waals surface area contributed by atoms with Crippen molar-refractivity contribution in [1.82, 2.24) is 10.2 Å². The number of carbonyl (C=O) groups excluding carboxylic acids is 2. The van der Waals surface area contributed by atoms with Crippen LogP contribution >= 0.6 is 24.0 Å². The second-order valence-electron chi connectivity index (χ2n) is 8.22. The van der Waals surface area contributed by atoms with Crippen molar-refractivity contribution in [2.75, 3.05) is 6.54 Å². The molecule has 2 aromatic rings. The Labute approximate surface area is 187 Å². The fourth-order valence-electron chi connectivity index (χ4n) is 3.02. The highest BCUT2D eigenvalue weighted by Crippen LogP contribution is 2.33. The van der Waals surface area contributed by atoms with E-state index in [1.807, 2.05) is 48.5 Å². The number of nitrogens with one attached hydrogen (secondary N) is 1. The molecule has 6 heteroatoms. The molecule has 2 aromatic carbocycles. The molecule has 1 aliphatic rings. The molecule has 1 fully saturated rings. The molecular weight excluding hydrogens is 412 g/mol. The molecule has 0 aliphatic carbocycles. The molecule has 2 amide bonds. The van der Waals surface area contributed by atoms with Crippen LogP contribution in [-0.4, -0.2) is 27.6 Å². The van der Waals surface area contributed by atoms with Gasteiger partial charge in [-0.3, -0.25) is 14.5 Å². The monoisotopic (exact) mass is 438 g/mol. The van der Waals surface area contributed by atoms with Gasteiger partial charge in [-0.2, -0.15) is 0 Å². The molecule has 156 valence electrons. The summed E-state index contributed by atoms with van der Waals surface area (Å²) in [6.07, 6.45) is 2.08. The summed E-state index contributed by atoms with van der Waals surface area (Å²) in [7, 11) is 0. The zero-order valence-electron chi connectivity index (χ0n) is 17.5. The van der Waals surface area contributed by atoms with Crippen LogP contribution in [-0.2, 0) is 21.5 Å². The van der Waals surface area contributed by atoms with Gasteiger partial charge in [0, 0.05) is 19.5 Å². The number of hydrogen-bond acceptors (Lipinski definition) is 4. The average Bonchev–Trinajstić information content (AvgIpc) is 2.98. The van der Waals surface area contributed by atoms with Crippen LogP contribution < -0.4 is 5.32 Å². The van der Waals surface area contributed by atoms with Gasteiger partial charge in [-0.15, -0.1) is 0 Å². The van der Waals surface area contributed by atoms with E-state index in [2.05, 4.69) is 38.2 Å². The Balaban J connectivity index is 1.56. The topological polar surface area (TPSA) is 49.4 Å². The Kier molecular flexibility index (Phi) is 7.10. The van der Waals surface area contributed by atoms with Gasteiger partial charge < -0.3 is 5.32 Å². The lowest BCUT2D eigenvalue weighted by Crippen LogP contribution is -2.33. The number of carbonyl (C=O) groups is 2. The Bertz CT molecular complexity index is 961. The fourth-order valence-corrected chi connectivity index (χ4v) is 4.33. The first kappa shape index (κ1) is 22.2. The summed E-state index contributed by atoms with van der Waals surface area (Å²) >= 11 is 6.65. The molecule has 30 heavy (non-hydrogen) atoms. The molecule has 1 aliphatic heterocycles. The van der Waals surface area contributed by atoms with Crippen molar-refractivity contribution in [2.24, 2.45) is 0 Å². The predicted octanol–water partition coefficient (Wildman–Crippen LogP) is 4.89. The predicted molar refractivity (Wildman–Crippen MR) is 128 cm³/mol. The van der Waals surface area contributed by atoms with Crippen LogP contribution in [0.5, 0.6) is 0 Å². The summed E-state index contributed by atoms with van der Waals surface area (Å²) in [6.45, 7) is 7.27. The van der Waals surface area contributed by atoms with Crippen molar-refractivity contribution in [2.45, 2.75) is 39.2 Å². The molecule has 0 aromatic heterocycles. The molecule has 0 spiro atoms. The van der Waals surface area contributed by atoms with Crippen LogP contribution in [0, 0.1) is 0 Å². The summed E-state index contributed by atoms with van der Waals surface area (Å²) < 4.78 is 0.494. The number of amides is 2. The maximum absolute atomic E-state index is 12.8. The second kappa shape index (κ2) is 9.58. The summed E-state index contributed by atoms with van der Waals surface area (Å²) in [5, 5.41) is 2.88. The number of nitrogens with zero attached hydrogens (tertiary/aromatic N) is 1. The Hall–Kier alpha value is -2.44. The molecule has 0 saturated carbocycles. The van der Waals surface area contributed by atoms with Crippen LogP contribution in [0.1, 0.15) is 43.9 Å². The van der Waals surface area contributed by atoms with E-state index < -0.39 is 0 Å². The Morgan fingerprint density at radius 1 is 1.10 bits per heavy atom. The molecule has 0 bridgehead atoms. The van der Waals surface area contributed by atoms with Crippen molar-refractivity contribution in [3.63, 3.8) is 0 Å². The van der Waals surface area contributed by atoms with Crippen molar-refractivity contribution >= 4 is 46.2 Å². The largest absolute Gasteiger partial charge is 0.352 e. The third kappa shape index (κ3) is 5.80. The highest BCUT2D eigenvalue weighted by atomic mass is 32.2. The van der Waals surface area contributed by atoms with Crippen LogP contribution in [0.4, 0.5) is 0 Å². The maximum atomic E-state index is 12.8. The van der Waals surface area contributed by atoms with E-state index in [9.17, 15) is 9.59 Å². The second-order valence-corrected chi connectivity index (χ2v) is 9.89. The number of rotatable bonds is 6. The smallest absolute Gasteiger partial charge is 0.266 e. The normalized spacial score (nSPS) is 15.7. The molecule has 1 heterocycles. The molecule has 0 unspecified atom stereocenters. The SMILES string of the molecule is CC(C)(C)c1ccc(/C=C2\SC(=S)N(CCC(=O)NCc3ccccc3)C2=O)cc1. The minimum atomic E-state index is -0.138. The quantitative estimate of drug-likeness (QED) is 0.515. The molecule has 4 nitrogen and oxygen atoms in total. The van der Waals surface area contributed by atoms with Gasteiger partial charge in [0.15, 0.2) is 0 Å². The number of thioether (sulfide) groups is 1. The molecule has 0 atom stereocenters. The van der Waals surface area contributed by atoms with Gasteiger partial charge in [0.05, 0.1) is 4.91 Å². The lowest BCUT2D eigenvalue weighted by molar-refractivity contribution is -0.123. The molecular formula is C24H26N2O2S2. The summed E-state index contributed by atoms with van der Waals surface area (Å²) in [5.41, 5.74) is 3.33. The van der Waals surface area contributed by atoms with Gasteiger partial charge >= 0.3 is 0 Å². The molecule has 1 N–H and O–H groups in total. The van der Waals surface area contributed by atoms with Crippen LogP contribution in [0.15, 0.2) is 59.5 Å². The first-order chi connectivity index (χ1) is 14.2. The Morgan fingerprint density at radius 2 is 1.77 bits per heavy atom. The van der Waals surface area contributed by atoms with Gasteiger partial charge in [-0.05, 0) is 28.2 Å². The summed E-state index contributed by atoms with van der Waals surface area (Å²) in [6, 6.07) is 17.9. The fraction of sp³-hybridized carbons (Fsp3) is 0.292. The van der Waals surface area contributed by atoms with Crippen molar-refractivity contribution in [3.8, 4) is 0 Å². The summed E-state index contributed by atoms with van der Waals surface area (Å²) in [5.74, 6) is -0.240. The highest BCUT2D eigenvalue weighted by molar-refractivity contribution is 8.26. The van der Waals surface area contributed by atoms with Crippen LogP contribution in [0.25, 0.3) is 6.08 Å². The number of hydrogen-bond donors (Lipinski definition) is 1. The van der Waals surface area contributed by atoms with Gasteiger partial charge in [0.2, 0.25) is 5.91 Å². The zero-order valence-corrected chi connectivity index (χ0v) is 19.1. The lowest BCUT2D eigenvalue weighted by atomic mass is 9.87. The van der Waals surface area contributed by atoms with Crippen LogP contribution in [0.2, 0.25) is 0 Å². The van der Waals surface area contributed by atoms with Gasteiger partial charge in [0.25, 0.3) is 5.91 Å². The zero-order chi connectivity index (χ0) is 21.7. The third-order valence-corrected chi connectivity index (χ3v) is 6.22. The van der Waals surface area contributed by atoms with E-state index in [1.165, 1.54) is 22.2 Å². The average molecular weight is 439 g/mol. The van der Waals surface area contributed by atoms with Gasteiger partial charge in [-0.25, -0.2) is 0 Å². The standard InChI is InChI=1S/C24H26N2O2S2/c1-24(2,3)19-11-9-17(10-12-19)15-20-22(28)26(23(29)30-20)14-13-21(27)25-16-18-7-5-4-6-8-18/h4-12,15H,13-14,16H2,1-3H3,(H,25,27)/b20-15-. The van der Waals surface area contributed by atoms with Crippen LogP contribution in [0.3, 0.4) is 0 Å². The van der Waals surface area contributed by atoms with Crippen molar-refractivity contribution in [3.05, 3.63) is 76.2 Å². The van der Waals surface area contributed by atoms with Crippen molar-refractivity contribution < 1.29 is 9.59 Å². The maximum Gasteiger partial charge on any atom is 0.266 e. The first-order valence-corrected chi connectivity index (χ1v) is 11.1. The van der Waals surface area contributed by atoms with E-state index in [-0.39, 0.29) is 30.2 Å². The summed E-state index contributed by atoms with van der Waals surface area (Å²) in [4.78, 5) is 27.0. The first-order valence-electron chi connectivity index (χ1n) is 9.90. The van der Waals surface area contributed by atoms with Crippen molar-refractivity contribution in [1.29, 1.82) is 0 Å². The van der Waals surface area contributed by atoms with Gasteiger partial charge in [0.1, 0.15) is 4.32 Å². The van der Waals surface area contributed by atoms with E-state index >= 15 is 0 Å². The van der Waals surface area contributed by atoms with E-state index in [1.54, 1.807) is 0 Å². The number of thiocarbonyl (C=S) groups is 1.